The predicted octanol–water partition coefficient (Wildman–Crippen LogP) is 4.65. The number of amides is 1. The normalized spacial score (nSPS) is 20.7. The number of ether oxygens (including phenoxy) is 3. The molecule has 0 radical (unpaired) electrons. The van der Waals surface area contributed by atoms with Crippen LogP contribution in [-0.4, -0.2) is 61.5 Å². The number of rotatable bonds is 8. The monoisotopic (exact) mass is 465 g/mol. The van der Waals surface area contributed by atoms with E-state index in [2.05, 4.69) is 11.8 Å². The average molecular weight is 466 g/mol. The fourth-order valence-corrected chi connectivity index (χ4v) is 4.78. The van der Waals surface area contributed by atoms with Crippen molar-refractivity contribution in [1.29, 1.82) is 0 Å². The molecule has 2 aliphatic rings. The number of hydrogen-bond acceptors (Lipinski definition) is 6. The molecule has 2 aromatic rings. The molecule has 2 aliphatic heterocycles. The van der Waals surface area contributed by atoms with Crippen LogP contribution in [0.5, 0.6) is 17.2 Å². The van der Waals surface area contributed by atoms with Gasteiger partial charge in [-0.3, -0.25) is 9.69 Å². The largest absolute Gasteiger partial charge is 0.494 e. The van der Waals surface area contributed by atoms with E-state index in [1.54, 1.807) is 19.2 Å². The molecule has 34 heavy (non-hydrogen) atoms. The summed E-state index contributed by atoms with van der Waals surface area (Å²) in [5.74, 6) is 2.17. The van der Waals surface area contributed by atoms with Gasteiger partial charge in [-0.05, 0) is 69.1 Å². The van der Waals surface area contributed by atoms with Crippen LogP contribution in [-0.2, 0) is 4.79 Å². The molecule has 1 fully saturated rings. The Morgan fingerprint density at radius 2 is 1.82 bits per heavy atom. The fraction of sp³-hybridized carbons (Fsp3) is 0.481. The maximum absolute atomic E-state index is 13.5. The maximum atomic E-state index is 13.5. The van der Waals surface area contributed by atoms with Gasteiger partial charge < -0.3 is 14.2 Å². The fourth-order valence-electron chi connectivity index (χ4n) is 4.78. The van der Waals surface area contributed by atoms with Crippen molar-refractivity contribution in [2.75, 3.05) is 33.9 Å². The molecule has 4 rings (SSSR count). The summed E-state index contributed by atoms with van der Waals surface area (Å²) in [6.45, 7) is 6.14. The van der Waals surface area contributed by atoms with E-state index in [1.165, 1.54) is 6.42 Å². The van der Waals surface area contributed by atoms with Crippen LogP contribution in [0.15, 0.2) is 47.6 Å². The molecule has 2 heterocycles. The molecule has 182 valence electrons. The highest BCUT2D eigenvalue weighted by molar-refractivity contribution is 6.03. The number of hydrogen-bond donors (Lipinski definition) is 0. The van der Waals surface area contributed by atoms with E-state index in [0.717, 1.165) is 42.0 Å². The molecule has 2 aromatic carbocycles. The molecular formula is C27H35N3O4. The lowest BCUT2D eigenvalue weighted by atomic mass is 9.98. The van der Waals surface area contributed by atoms with Gasteiger partial charge in [-0.1, -0.05) is 18.6 Å². The minimum atomic E-state index is -0.161. The number of hydrazone groups is 1. The van der Waals surface area contributed by atoms with E-state index in [0.29, 0.717) is 37.1 Å². The SMILES string of the molecule is CCOc1ccc(C2CC(c3ccc(OC)c(OC)c3)=NN2C(=O)CN2CCCCC2C)cc1. The molecule has 0 aliphatic carbocycles. The first kappa shape index (κ1) is 24.1. The zero-order chi connectivity index (χ0) is 24.1. The molecule has 2 atom stereocenters. The zero-order valence-corrected chi connectivity index (χ0v) is 20.6. The minimum absolute atomic E-state index is 0.0307. The van der Waals surface area contributed by atoms with Gasteiger partial charge >= 0.3 is 0 Å². The number of benzene rings is 2. The number of carbonyl (C=O) groups is 1. The first-order valence-corrected chi connectivity index (χ1v) is 12.1. The van der Waals surface area contributed by atoms with Crippen LogP contribution in [0.2, 0.25) is 0 Å². The molecule has 0 saturated carbocycles. The topological polar surface area (TPSA) is 63.6 Å². The van der Waals surface area contributed by atoms with E-state index >= 15 is 0 Å². The van der Waals surface area contributed by atoms with Crippen LogP contribution in [0.4, 0.5) is 0 Å². The zero-order valence-electron chi connectivity index (χ0n) is 20.6. The Bertz CT molecular complexity index is 1020. The molecular weight excluding hydrogens is 430 g/mol. The van der Waals surface area contributed by atoms with Gasteiger partial charge in [-0.15, -0.1) is 0 Å². The van der Waals surface area contributed by atoms with Crippen molar-refractivity contribution in [2.24, 2.45) is 5.10 Å². The lowest BCUT2D eigenvalue weighted by molar-refractivity contribution is -0.135. The summed E-state index contributed by atoms with van der Waals surface area (Å²) in [5.41, 5.74) is 2.83. The minimum Gasteiger partial charge on any atom is -0.494 e. The summed E-state index contributed by atoms with van der Waals surface area (Å²) in [7, 11) is 3.24. The van der Waals surface area contributed by atoms with Crippen molar-refractivity contribution in [1.82, 2.24) is 9.91 Å². The van der Waals surface area contributed by atoms with Gasteiger partial charge in [0.15, 0.2) is 11.5 Å². The summed E-state index contributed by atoms with van der Waals surface area (Å²) >= 11 is 0. The van der Waals surface area contributed by atoms with E-state index in [1.807, 2.05) is 49.4 Å². The van der Waals surface area contributed by atoms with Crippen molar-refractivity contribution in [3.63, 3.8) is 0 Å². The Hall–Kier alpha value is -3.06. The number of piperidine rings is 1. The second-order valence-corrected chi connectivity index (χ2v) is 8.89. The number of methoxy groups -OCH3 is 2. The van der Waals surface area contributed by atoms with Gasteiger partial charge in [0.05, 0.1) is 39.1 Å². The standard InChI is InChI=1S/C27H35N3O4/c1-5-34-22-12-9-20(10-13-22)24-17-23(21-11-14-25(32-3)26(16-21)33-4)28-30(24)27(31)18-29-15-7-6-8-19(29)2/h9-14,16,19,24H,5-8,15,17-18H2,1-4H3. The molecule has 0 aromatic heterocycles. The Morgan fingerprint density at radius 3 is 2.50 bits per heavy atom. The Kier molecular flexibility index (Phi) is 7.73. The van der Waals surface area contributed by atoms with Gasteiger partial charge in [0.1, 0.15) is 5.75 Å². The van der Waals surface area contributed by atoms with Crippen LogP contribution in [0, 0.1) is 0 Å². The number of carbonyl (C=O) groups excluding carboxylic acids is 1. The number of likely N-dealkylation sites (tertiary alicyclic amines) is 1. The van der Waals surface area contributed by atoms with Gasteiger partial charge in [0.2, 0.25) is 0 Å². The third kappa shape index (κ3) is 5.20. The summed E-state index contributed by atoms with van der Waals surface area (Å²) in [5, 5.41) is 6.53. The summed E-state index contributed by atoms with van der Waals surface area (Å²) in [6.07, 6.45) is 4.13. The van der Waals surface area contributed by atoms with Crippen LogP contribution < -0.4 is 14.2 Å². The van der Waals surface area contributed by atoms with Gasteiger partial charge in [-0.25, -0.2) is 5.01 Å². The second kappa shape index (κ2) is 10.9. The Balaban J connectivity index is 1.62. The van der Waals surface area contributed by atoms with Crippen LogP contribution >= 0.6 is 0 Å². The van der Waals surface area contributed by atoms with Crippen LogP contribution in [0.25, 0.3) is 0 Å². The molecule has 0 spiro atoms. The molecule has 2 unspecified atom stereocenters. The van der Waals surface area contributed by atoms with Gasteiger partial charge in [0, 0.05) is 18.0 Å². The highest BCUT2D eigenvalue weighted by Crippen LogP contribution is 2.36. The molecule has 0 bridgehead atoms. The lowest BCUT2D eigenvalue weighted by Crippen LogP contribution is -2.44. The maximum Gasteiger partial charge on any atom is 0.257 e. The third-order valence-electron chi connectivity index (χ3n) is 6.74. The summed E-state index contributed by atoms with van der Waals surface area (Å²) in [4.78, 5) is 15.8. The van der Waals surface area contributed by atoms with Crippen molar-refractivity contribution in [3.05, 3.63) is 53.6 Å². The van der Waals surface area contributed by atoms with E-state index in [9.17, 15) is 4.79 Å². The first-order valence-electron chi connectivity index (χ1n) is 12.1. The second-order valence-electron chi connectivity index (χ2n) is 8.89. The summed E-state index contributed by atoms with van der Waals surface area (Å²) < 4.78 is 16.5. The van der Waals surface area contributed by atoms with Crippen molar-refractivity contribution in [2.45, 2.75) is 51.6 Å². The Morgan fingerprint density at radius 1 is 1.06 bits per heavy atom. The lowest BCUT2D eigenvalue weighted by Gasteiger charge is -2.34. The van der Waals surface area contributed by atoms with Gasteiger partial charge in [-0.2, -0.15) is 5.10 Å². The average Bonchev–Trinajstić information content (AvgIpc) is 3.31. The highest BCUT2D eigenvalue weighted by Gasteiger charge is 2.35. The highest BCUT2D eigenvalue weighted by atomic mass is 16.5. The van der Waals surface area contributed by atoms with E-state index in [-0.39, 0.29) is 11.9 Å². The van der Waals surface area contributed by atoms with E-state index < -0.39 is 0 Å². The molecule has 0 N–H and O–H groups in total. The van der Waals surface area contributed by atoms with Crippen molar-refractivity contribution in [3.8, 4) is 17.2 Å². The van der Waals surface area contributed by atoms with Crippen LogP contribution in [0.3, 0.4) is 0 Å². The van der Waals surface area contributed by atoms with Crippen molar-refractivity contribution >= 4 is 11.6 Å². The molecule has 1 saturated heterocycles. The molecule has 7 heteroatoms. The predicted molar refractivity (Wildman–Crippen MR) is 133 cm³/mol. The smallest absolute Gasteiger partial charge is 0.257 e. The van der Waals surface area contributed by atoms with Gasteiger partial charge in [0.25, 0.3) is 5.91 Å². The third-order valence-corrected chi connectivity index (χ3v) is 6.74. The van der Waals surface area contributed by atoms with Crippen LogP contribution in [0.1, 0.15) is 56.7 Å². The summed E-state index contributed by atoms with van der Waals surface area (Å²) in [6, 6.07) is 14.0. The molecule has 7 nitrogen and oxygen atoms in total. The number of nitrogens with zero attached hydrogens (tertiary/aromatic N) is 3. The molecule has 1 amide bonds. The quantitative estimate of drug-likeness (QED) is 0.568. The van der Waals surface area contributed by atoms with E-state index in [4.69, 9.17) is 19.3 Å². The first-order chi connectivity index (χ1) is 16.5. The van der Waals surface area contributed by atoms with Crippen molar-refractivity contribution < 1.29 is 19.0 Å². The Labute approximate surface area is 202 Å².